The highest BCUT2D eigenvalue weighted by Gasteiger charge is 2.12. The lowest BCUT2D eigenvalue weighted by atomic mass is 9.94. The van der Waals surface area contributed by atoms with Crippen molar-refractivity contribution >= 4 is 21.8 Å². The van der Waals surface area contributed by atoms with Gasteiger partial charge in [-0.1, -0.05) is 70.8 Å². The molecule has 30 heavy (non-hydrogen) atoms. The van der Waals surface area contributed by atoms with Crippen molar-refractivity contribution in [1.29, 1.82) is 0 Å². The molecule has 0 aliphatic rings. The average molecular weight is 389 g/mol. The molecule has 0 unspecified atom stereocenters. The summed E-state index contributed by atoms with van der Waals surface area (Å²) in [7, 11) is 0. The molecule has 0 saturated carbocycles. The molecule has 0 spiro atoms. The number of hydrogen-bond acceptors (Lipinski definition) is 2. The third-order valence-corrected chi connectivity index (χ3v) is 5.69. The van der Waals surface area contributed by atoms with E-state index in [1.165, 1.54) is 44.5 Å². The lowest BCUT2D eigenvalue weighted by molar-refractivity contribution is 1.36. The van der Waals surface area contributed by atoms with Crippen molar-refractivity contribution in [2.75, 3.05) is 0 Å². The van der Waals surface area contributed by atoms with Gasteiger partial charge in [0.25, 0.3) is 0 Å². The van der Waals surface area contributed by atoms with Crippen LogP contribution in [0.4, 0.5) is 0 Å². The highest BCUT2D eigenvalue weighted by Crippen LogP contribution is 2.35. The number of rotatable bonds is 2. The summed E-state index contributed by atoms with van der Waals surface area (Å²) in [6, 6.07) is 22.0. The van der Waals surface area contributed by atoms with Crippen LogP contribution < -0.4 is 0 Å². The van der Waals surface area contributed by atoms with Crippen molar-refractivity contribution in [1.82, 2.24) is 9.97 Å². The van der Waals surface area contributed by atoms with E-state index in [0.29, 0.717) is 0 Å². The molecule has 0 amide bonds. The zero-order chi connectivity index (χ0) is 20.8. The molecule has 2 aromatic heterocycles. The predicted molar refractivity (Wildman–Crippen MR) is 127 cm³/mol. The Kier molecular flexibility index (Phi) is 4.36. The number of hydrogen-bond donors (Lipinski definition) is 0. The zero-order valence-corrected chi connectivity index (χ0v) is 17.8. The molecule has 0 N–H and O–H groups in total. The summed E-state index contributed by atoms with van der Waals surface area (Å²) < 4.78 is 0. The van der Waals surface area contributed by atoms with E-state index in [-0.39, 0.29) is 0 Å². The van der Waals surface area contributed by atoms with Crippen LogP contribution in [0, 0.1) is 27.7 Å². The molecule has 2 nitrogen and oxygen atoms in total. The van der Waals surface area contributed by atoms with E-state index in [1.54, 1.807) is 0 Å². The molecule has 0 radical (unpaired) electrons. The van der Waals surface area contributed by atoms with Crippen LogP contribution in [0.5, 0.6) is 0 Å². The summed E-state index contributed by atoms with van der Waals surface area (Å²) in [4.78, 5) is 9.50. The van der Waals surface area contributed by atoms with Crippen molar-refractivity contribution in [2.45, 2.75) is 27.7 Å². The second-order valence-corrected chi connectivity index (χ2v) is 8.33. The van der Waals surface area contributed by atoms with Gasteiger partial charge in [0.1, 0.15) is 0 Å². The SMILES string of the molecule is Cc1cc(C)cc(-c2ccnc3c2ccc2c(-c4cc(C)cc(C)c4)ccnc23)c1. The molecule has 0 aliphatic heterocycles. The molecule has 2 heteroatoms. The number of aromatic nitrogens is 2. The van der Waals surface area contributed by atoms with Gasteiger partial charge in [-0.25, -0.2) is 0 Å². The van der Waals surface area contributed by atoms with Crippen LogP contribution in [-0.4, -0.2) is 9.97 Å². The van der Waals surface area contributed by atoms with Crippen LogP contribution in [0.25, 0.3) is 44.1 Å². The van der Waals surface area contributed by atoms with Crippen molar-refractivity contribution < 1.29 is 0 Å². The van der Waals surface area contributed by atoms with Gasteiger partial charge in [0.2, 0.25) is 0 Å². The first-order valence-electron chi connectivity index (χ1n) is 10.3. The van der Waals surface area contributed by atoms with Crippen LogP contribution in [0.1, 0.15) is 22.3 Å². The Hall–Kier alpha value is -3.52. The zero-order valence-electron chi connectivity index (χ0n) is 17.8. The third-order valence-electron chi connectivity index (χ3n) is 5.69. The Morgan fingerprint density at radius 1 is 0.467 bits per heavy atom. The summed E-state index contributed by atoms with van der Waals surface area (Å²) in [5.41, 5.74) is 11.8. The maximum Gasteiger partial charge on any atom is 0.0970 e. The highest BCUT2D eigenvalue weighted by molar-refractivity contribution is 6.11. The summed E-state index contributed by atoms with van der Waals surface area (Å²) in [6.45, 7) is 8.58. The summed E-state index contributed by atoms with van der Waals surface area (Å²) in [5, 5.41) is 2.28. The highest BCUT2D eigenvalue weighted by atomic mass is 14.7. The van der Waals surface area contributed by atoms with Crippen LogP contribution in [-0.2, 0) is 0 Å². The van der Waals surface area contributed by atoms with Crippen molar-refractivity contribution in [3.8, 4) is 22.3 Å². The van der Waals surface area contributed by atoms with E-state index in [4.69, 9.17) is 9.97 Å². The third kappa shape index (κ3) is 3.15. The Morgan fingerprint density at radius 3 is 1.20 bits per heavy atom. The van der Waals surface area contributed by atoms with E-state index in [2.05, 4.69) is 88.4 Å². The fourth-order valence-corrected chi connectivity index (χ4v) is 4.59. The van der Waals surface area contributed by atoms with E-state index in [9.17, 15) is 0 Å². The van der Waals surface area contributed by atoms with Crippen molar-refractivity contribution in [2.24, 2.45) is 0 Å². The molecular formula is C28H24N2. The van der Waals surface area contributed by atoms with Crippen LogP contribution in [0.2, 0.25) is 0 Å². The van der Waals surface area contributed by atoms with Crippen LogP contribution >= 0.6 is 0 Å². The summed E-state index contributed by atoms with van der Waals surface area (Å²) >= 11 is 0. The Labute approximate surface area is 177 Å². The molecule has 5 aromatic rings. The van der Waals surface area contributed by atoms with Crippen LogP contribution in [0.3, 0.4) is 0 Å². The number of nitrogens with zero attached hydrogens (tertiary/aromatic N) is 2. The lowest BCUT2D eigenvalue weighted by Gasteiger charge is -2.12. The minimum absolute atomic E-state index is 0.954. The fraction of sp³-hybridized carbons (Fsp3) is 0.143. The number of pyridine rings is 2. The minimum Gasteiger partial charge on any atom is -0.254 e. The largest absolute Gasteiger partial charge is 0.254 e. The van der Waals surface area contributed by atoms with Gasteiger partial charge >= 0.3 is 0 Å². The maximum absolute atomic E-state index is 4.75. The normalized spacial score (nSPS) is 11.3. The van der Waals surface area contributed by atoms with Gasteiger partial charge in [-0.15, -0.1) is 0 Å². The molecule has 0 bridgehead atoms. The Morgan fingerprint density at radius 2 is 0.833 bits per heavy atom. The topological polar surface area (TPSA) is 25.8 Å². The van der Waals surface area contributed by atoms with Gasteiger partial charge in [0.05, 0.1) is 11.0 Å². The smallest absolute Gasteiger partial charge is 0.0970 e. The first-order valence-corrected chi connectivity index (χ1v) is 10.3. The molecule has 0 saturated heterocycles. The van der Waals surface area contributed by atoms with Gasteiger partial charge in [0.15, 0.2) is 0 Å². The lowest BCUT2D eigenvalue weighted by Crippen LogP contribution is -1.91. The number of fused-ring (bicyclic) bond motifs is 3. The van der Waals surface area contributed by atoms with Crippen molar-refractivity contribution in [3.05, 3.63) is 95.3 Å². The van der Waals surface area contributed by atoms with Crippen molar-refractivity contribution in [3.63, 3.8) is 0 Å². The molecule has 146 valence electrons. The number of benzene rings is 3. The molecule has 2 heterocycles. The number of aryl methyl sites for hydroxylation is 4. The van der Waals surface area contributed by atoms with Gasteiger partial charge in [-0.2, -0.15) is 0 Å². The minimum atomic E-state index is 0.954. The van der Waals surface area contributed by atoms with Gasteiger partial charge in [0, 0.05) is 23.2 Å². The van der Waals surface area contributed by atoms with E-state index in [1.807, 2.05) is 12.4 Å². The van der Waals surface area contributed by atoms with E-state index >= 15 is 0 Å². The summed E-state index contributed by atoms with van der Waals surface area (Å²) in [6.07, 6.45) is 3.81. The molecule has 0 atom stereocenters. The first kappa shape index (κ1) is 18.5. The molecule has 0 fully saturated rings. The second kappa shape index (κ2) is 7.07. The van der Waals surface area contributed by atoms with Gasteiger partial charge < -0.3 is 0 Å². The maximum atomic E-state index is 4.75. The first-order chi connectivity index (χ1) is 14.5. The van der Waals surface area contributed by atoms with Gasteiger partial charge in [-0.3, -0.25) is 9.97 Å². The quantitative estimate of drug-likeness (QED) is 0.295. The second-order valence-electron chi connectivity index (χ2n) is 8.33. The average Bonchev–Trinajstić information content (AvgIpc) is 2.71. The van der Waals surface area contributed by atoms with E-state index in [0.717, 1.165) is 21.8 Å². The Bertz CT molecular complexity index is 1280. The predicted octanol–water partition coefficient (Wildman–Crippen LogP) is 7.35. The monoisotopic (exact) mass is 388 g/mol. The standard InChI is InChI=1S/C28H24N2/c1-17-11-18(2)14-21(13-17)23-7-9-29-27-25(23)5-6-26-24(8-10-30-28(26)27)22-15-19(3)12-20(4)16-22/h5-16H,1-4H3. The summed E-state index contributed by atoms with van der Waals surface area (Å²) in [5.74, 6) is 0. The van der Waals surface area contributed by atoms with E-state index < -0.39 is 0 Å². The fourth-order valence-electron chi connectivity index (χ4n) is 4.59. The molecular weight excluding hydrogens is 364 g/mol. The molecule has 5 rings (SSSR count). The molecule has 3 aromatic carbocycles. The molecule has 0 aliphatic carbocycles. The Balaban J connectivity index is 1.79. The van der Waals surface area contributed by atoms with Crippen LogP contribution in [0.15, 0.2) is 73.1 Å². The van der Waals surface area contributed by atoms with Gasteiger partial charge in [-0.05, 0) is 62.1 Å².